The van der Waals surface area contributed by atoms with Gasteiger partial charge in [-0.2, -0.15) is 0 Å². The number of benzene rings is 1. The Bertz CT molecular complexity index is 674. The molecule has 0 atom stereocenters. The zero-order chi connectivity index (χ0) is 14.7. The van der Waals surface area contributed by atoms with Gasteiger partial charge in [-0.3, -0.25) is 14.9 Å². The molecule has 0 saturated heterocycles. The fourth-order valence-electron chi connectivity index (χ4n) is 1.42. The lowest BCUT2D eigenvalue weighted by atomic mass is 10.2. The summed E-state index contributed by atoms with van der Waals surface area (Å²) in [7, 11) is 0. The first kappa shape index (κ1) is 14.6. The van der Waals surface area contributed by atoms with Crippen LogP contribution in [0.3, 0.4) is 0 Å². The van der Waals surface area contributed by atoms with Crippen LogP contribution >= 0.6 is 31.9 Å². The van der Waals surface area contributed by atoms with Gasteiger partial charge in [0.2, 0.25) is 0 Å². The van der Waals surface area contributed by atoms with Crippen molar-refractivity contribution in [3.05, 3.63) is 61.3 Å². The zero-order valence-electron chi connectivity index (χ0n) is 9.84. The number of hydrogen-bond donors (Lipinski definition) is 1. The number of pyridine rings is 1. The number of non-ortho nitro benzene ring substituents is 1. The van der Waals surface area contributed by atoms with Crippen molar-refractivity contribution in [2.24, 2.45) is 0 Å². The molecule has 0 unspecified atom stereocenters. The van der Waals surface area contributed by atoms with Gasteiger partial charge in [0.05, 0.1) is 16.2 Å². The number of rotatable bonds is 3. The summed E-state index contributed by atoms with van der Waals surface area (Å²) in [5.41, 5.74) is 0.780. The molecule has 0 radical (unpaired) electrons. The molecule has 8 heteroatoms. The summed E-state index contributed by atoms with van der Waals surface area (Å²) in [6, 6.07) is 7.38. The number of carbonyl (C=O) groups is 1. The average molecular weight is 401 g/mol. The number of carbonyl (C=O) groups excluding carboxylic acids is 1. The number of nitro benzene ring substituents is 1. The van der Waals surface area contributed by atoms with Crippen LogP contribution in [0.4, 0.5) is 11.4 Å². The fraction of sp³-hybridized carbons (Fsp3) is 0. The first-order valence-electron chi connectivity index (χ1n) is 5.34. The number of hydrogen-bond acceptors (Lipinski definition) is 4. The SMILES string of the molecule is O=C(Nc1ccc([N+](=O)[O-])cc1Br)c1ccc(Br)nc1. The van der Waals surface area contributed by atoms with E-state index in [0.29, 0.717) is 20.3 Å². The molecule has 0 aliphatic carbocycles. The Labute approximate surface area is 130 Å². The van der Waals surface area contributed by atoms with Crippen LogP contribution in [0.2, 0.25) is 0 Å². The van der Waals surface area contributed by atoms with Crippen molar-refractivity contribution >= 4 is 49.1 Å². The van der Waals surface area contributed by atoms with Crippen molar-refractivity contribution in [1.29, 1.82) is 0 Å². The third kappa shape index (κ3) is 3.40. The summed E-state index contributed by atoms with van der Waals surface area (Å²) in [5.74, 6) is -0.348. The summed E-state index contributed by atoms with van der Waals surface area (Å²) < 4.78 is 1.07. The van der Waals surface area contributed by atoms with Gasteiger partial charge in [-0.15, -0.1) is 0 Å². The second-order valence-electron chi connectivity index (χ2n) is 3.74. The fourth-order valence-corrected chi connectivity index (χ4v) is 2.12. The Hall–Kier alpha value is -1.80. The molecule has 6 nitrogen and oxygen atoms in total. The van der Waals surface area contributed by atoms with Crippen molar-refractivity contribution in [3.8, 4) is 0 Å². The highest BCUT2D eigenvalue weighted by atomic mass is 79.9. The summed E-state index contributed by atoms with van der Waals surface area (Å²) in [5, 5.41) is 13.3. The molecule has 1 amide bonds. The van der Waals surface area contributed by atoms with Crippen LogP contribution in [0.5, 0.6) is 0 Å². The third-order valence-electron chi connectivity index (χ3n) is 2.40. The molecular weight excluding hydrogens is 394 g/mol. The lowest BCUT2D eigenvalue weighted by molar-refractivity contribution is -0.384. The second kappa shape index (κ2) is 6.10. The Morgan fingerprint density at radius 3 is 2.55 bits per heavy atom. The lowest BCUT2D eigenvalue weighted by Gasteiger charge is -2.07. The molecule has 1 heterocycles. The van der Waals surface area contributed by atoms with Gasteiger partial charge in [0, 0.05) is 22.8 Å². The molecule has 20 heavy (non-hydrogen) atoms. The number of aromatic nitrogens is 1. The predicted octanol–water partition coefficient (Wildman–Crippen LogP) is 3.77. The van der Waals surface area contributed by atoms with Crippen LogP contribution in [-0.2, 0) is 0 Å². The summed E-state index contributed by atoms with van der Waals surface area (Å²) in [4.78, 5) is 26.1. The highest BCUT2D eigenvalue weighted by Gasteiger charge is 2.12. The molecule has 0 spiro atoms. The molecule has 102 valence electrons. The van der Waals surface area contributed by atoms with Gasteiger partial charge in [-0.25, -0.2) is 4.98 Å². The standard InChI is InChI=1S/C12H7Br2N3O3/c13-9-5-8(17(19)20)2-3-10(9)16-12(18)7-1-4-11(14)15-6-7/h1-6H,(H,16,18). The molecule has 0 saturated carbocycles. The molecule has 0 aliphatic heterocycles. The van der Waals surface area contributed by atoms with Gasteiger partial charge in [0.1, 0.15) is 4.60 Å². The number of nitrogens with zero attached hydrogens (tertiary/aromatic N) is 2. The van der Waals surface area contributed by atoms with Crippen LogP contribution in [0.15, 0.2) is 45.6 Å². The van der Waals surface area contributed by atoms with E-state index in [0.717, 1.165) is 0 Å². The molecule has 0 aliphatic rings. The van der Waals surface area contributed by atoms with E-state index in [1.165, 1.54) is 24.4 Å². The third-order valence-corrected chi connectivity index (χ3v) is 3.53. The van der Waals surface area contributed by atoms with Crippen molar-refractivity contribution < 1.29 is 9.72 Å². The number of anilines is 1. The minimum atomic E-state index is -0.505. The Morgan fingerprint density at radius 1 is 1.25 bits per heavy atom. The summed E-state index contributed by atoms with van der Waals surface area (Å²) in [6.07, 6.45) is 1.43. The van der Waals surface area contributed by atoms with E-state index in [2.05, 4.69) is 42.2 Å². The molecule has 0 fully saturated rings. The van der Waals surface area contributed by atoms with E-state index < -0.39 is 4.92 Å². The van der Waals surface area contributed by atoms with Crippen LogP contribution < -0.4 is 5.32 Å². The summed E-state index contributed by atoms with van der Waals surface area (Å²) >= 11 is 6.37. The van der Waals surface area contributed by atoms with E-state index in [9.17, 15) is 14.9 Å². The quantitative estimate of drug-likeness (QED) is 0.482. The van der Waals surface area contributed by atoms with E-state index in [1.807, 2.05) is 0 Å². The first-order chi connectivity index (χ1) is 9.47. The maximum absolute atomic E-state index is 12.0. The van der Waals surface area contributed by atoms with Crippen LogP contribution in [0, 0.1) is 10.1 Å². The topological polar surface area (TPSA) is 85.1 Å². The first-order valence-corrected chi connectivity index (χ1v) is 6.93. The number of halogens is 2. The van der Waals surface area contributed by atoms with E-state index in [-0.39, 0.29) is 11.6 Å². The van der Waals surface area contributed by atoms with Gasteiger partial charge >= 0.3 is 0 Å². The van der Waals surface area contributed by atoms with Gasteiger partial charge in [0.15, 0.2) is 0 Å². The van der Waals surface area contributed by atoms with Crippen molar-refractivity contribution in [2.45, 2.75) is 0 Å². The highest BCUT2D eigenvalue weighted by Crippen LogP contribution is 2.27. The molecule has 1 aromatic carbocycles. The van der Waals surface area contributed by atoms with E-state index >= 15 is 0 Å². The van der Waals surface area contributed by atoms with Gasteiger partial charge in [-0.1, -0.05) is 0 Å². The van der Waals surface area contributed by atoms with Crippen molar-refractivity contribution in [2.75, 3.05) is 5.32 Å². The maximum Gasteiger partial charge on any atom is 0.270 e. The van der Waals surface area contributed by atoms with Crippen molar-refractivity contribution in [3.63, 3.8) is 0 Å². The van der Waals surface area contributed by atoms with Gasteiger partial charge < -0.3 is 5.32 Å². The lowest BCUT2D eigenvalue weighted by Crippen LogP contribution is -2.12. The minimum Gasteiger partial charge on any atom is -0.321 e. The second-order valence-corrected chi connectivity index (χ2v) is 5.41. The normalized spacial score (nSPS) is 10.1. The van der Waals surface area contributed by atoms with Gasteiger partial charge in [-0.05, 0) is 50.1 Å². The summed E-state index contributed by atoms with van der Waals surface area (Å²) in [6.45, 7) is 0. The Kier molecular flexibility index (Phi) is 4.46. The number of nitrogens with one attached hydrogen (secondary N) is 1. The number of amides is 1. The molecule has 0 bridgehead atoms. The largest absolute Gasteiger partial charge is 0.321 e. The van der Waals surface area contributed by atoms with Crippen LogP contribution in [-0.4, -0.2) is 15.8 Å². The molecule has 2 aromatic rings. The monoisotopic (exact) mass is 399 g/mol. The van der Waals surface area contributed by atoms with E-state index in [4.69, 9.17) is 0 Å². The Balaban J connectivity index is 2.19. The predicted molar refractivity (Wildman–Crippen MR) is 80.7 cm³/mol. The van der Waals surface area contributed by atoms with Crippen LogP contribution in [0.1, 0.15) is 10.4 Å². The highest BCUT2D eigenvalue weighted by molar-refractivity contribution is 9.10. The van der Waals surface area contributed by atoms with E-state index in [1.54, 1.807) is 12.1 Å². The minimum absolute atomic E-state index is 0.0554. The average Bonchev–Trinajstić information content (AvgIpc) is 2.41. The zero-order valence-corrected chi connectivity index (χ0v) is 13.0. The number of nitro groups is 1. The van der Waals surface area contributed by atoms with Gasteiger partial charge in [0.25, 0.3) is 11.6 Å². The molecular formula is C12H7Br2N3O3. The molecule has 1 N–H and O–H groups in total. The molecule has 2 rings (SSSR count). The maximum atomic E-state index is 12.0. The van der Waals surface area contributed by atoms with Crippen molar-refractivity contribution in [1.82, 2.24) is 4.98 Å². The molecule has 1 aromatic heterocycles. The van der Waals surface area contributed by atoms with Crippen LogP contribution in [0.25, 0.3) is 0 Å². The Morgan fingerprint density at radius 2 is 2.00 bits per heavy atom. The smallest absolute Gasteiger partial charge is 0.270 e.